The van der Waals surface area contributed by atoms with Crippen molar-refractivity contribution in [2.45, 2.75) is 19.8 Å². The highest BCUT2D eigenvalue weighted by atomic mass is 35.5. The summed E-state index contributed by atoms with van der Waals surface area (Å²) in [6, 6.07) is 12.7. The van der Waals surface area contributed by atoms with Gasteiger partial charge in [-0.1, -0.05) is 35.9 Å². The summed E-state index contributed by atoms with van der Waals surface area (Å²) in [5.41, 5.74) is 5.99. The first-order valence-electron chi connectivity index (χ1n) is 6.41. The van der Waals surface area contributed by atoms with Gasteiger partial charge in [0.1, 0.15) is 0 Å². The van der Waals surface area contributed by atoms with Crippen LogP contribution in [0.15, 0.2) is 36.4 Å². The second-order valence-electron chi connectivity index (χ2n) is 4.82. The lowest BCUT2D eigenvalue weighted by Gasteiger charge is -2.09. The summed E-state index contributed by atoms with van der Waals surface area (Å²) in [4.78, 5) is 0. The van der Waals surface area contributed by atoms with E-state index >= 15 is 0 Å². The van der Waals surface area contributed by atoms with Gasteiger partial charge in [-0.2, -0.15) is 0 Å². The smallest absolute Gasteiger partial charge is 0.0725 e. The molecule has 0 saturated heterocycles. The number of fused-ring (bicyclic) bond motifs is 1. The molecule has 0 aliphatic carbocycles. The van der Waals surface area contributed by atoms with E-state index in [9.17, 15) is 0 Å². The van der Waals surface area contributed by atoms with Crippen molar-refractivity contribution in [1.29, 1.82) is 0 Å². The van der Waals surface area contributed by atoms with E-state index < -0.39 is 0 Å². The van der Waals surface area contributed by atoms with E-state index in [2.05, 4.69) is 35.6 Å². The van der Waals surface area contributed by atoms with E-state index in [1.54, 1.807) is 0 Å². The Morgan fingerprint density at radius 1 is 1.11 bits per heavy atom. The van der Waals surface area contributed by atoms with E-state index in [-0.39, 0.29) is 0 Å². The van der Waals surface area contributed by atoms with Crippen molar-refractivity contribution < 1.29 is 4.74 Å². The van der Waals surface area contributed by atoms with Crippen molar-refractivity contribution in [2.24, 2.45) is 0 Å². The largest absolute Gasteiger partial charge is 0.372 e. The van der Waals surface area contributed by atoms with Crippen LogP contribution >= 0.6 is 11.6 Å². The van der Waals surface area contributed by atoms with Crippen LogP contribution in [0.1, 0.15) is 16.7 Å². The molecular formula is C16H16ClNO. The Morgan fingerprint density at radius 3 is 2.74 bits per heavy atom. The fourth-order valence-corrected chi connectivity index (χ4v) is 2.76. The molecule has 98 valence electrons. The van der Waals surface area contributed by atoms with E-state index in [4.69, 9.17) is 16.3 Å². The Hall–Kier alpha value is -1.35. The van der Waals surface area contributed by atoms with E-state index in [1.165, 1.54) is 16.7 Å². The van der Waals surface area contributed by atoms with Crippen molar-refractivity contribution in [2.75, 3.05) is 7.05 Å². The summed E-state index contributed by atoms with van der Waals surface area (Å²) in [5.74, 6) is 0. The minimum absolute atomic E-state index is 0.707. The van der Waals surface area contributed by atoms with Crippen molar-refractivity contribution >= 4 is 11.6 Å². The minimum Gasteiger partial charge on any atom is -0.372 e. The van der Waals surface area contributed by atoms with Crippen LogP contribution < -0.4 is 5.32 Å². The third-order valence-corrected chi connectivity index (χ3v) is 3.76. The minimum atomic E-state index is 0.707. The van der Waals surface area contributed by atoms with E-state index in [0.717, 1.165) is 29.3 Å². The first-order valence-corrected chi connectivity index (χ1v) is 6.78. The standard InChI is InChI=1S/C16H16ClNO/c1-18-8-11-2-5-15(16(17)6-11)12-3-4-13-9-19-10-14(13)7-12/h2-7,18H,8-10H2,1H3. The topological polar surface area (TPSA) is 21.3 Å². The van der Waals surface area contributed by atoms with Crippen LogP contribution in [0.25, 0.3) is 11.1 Å². The Morgan fingerprint density at radius 2 is 1.95 bits per heavy atom. The molecule has 0 atom stereocenters. The molecule has 19 heavy (non-hydrogen) atoms. The molecule has 1 heterocycles. The quantitative estimate of drug-likeness (QED) is 0.919. The van der Waals surface area contributed by atoms with Gasteiger partial charge in [-0.05, 0) is 41.4 Å². The molecule has 1 aliphatic heterocycles. The highest BCUT2D eigenvalue weighted by Gasteiger charge is 2.13. The molecule has 1 aliphatic rings. The fraction of sp³-hybridized carbons (Fsp3) is 0.250. The molecule has 0 radical (unpaired) electrons. The van der Waals surface area contributed by atoms with Gasteiger partial charge in [0.05, 0.1) is 13.2 Å². The maximum atomic E-state index is 6.39. The first kappa shape index (κ1) is 12.7. The van der Waals surface area contributed by atoms with Gasteiger partial charge in [0.25, 0.3) is 0 Å². The lowest BCUT2D eigenvalue weighted by molar-refractivity contribution is 0.134. The van der Waals surface area contributed by atoms with Crippen LogP contribution in [-0.2, 0) is 24.5 Å². The number of hydrogen-bond donors (Lipinski definition) is 1. The fourth-order valence-electron chi connectivity index (χ4n) is 2.45. The van der Waals surface area contributed by atoms with Gasteiger partial charge in [-0.3, -0.25) is 0 Å². The molecule has 0 bridgehead atoms. The Labute approximate surface area is 118 Å². The third kappa shape index (κ3) is 2.52. The molecule has 0 spiro atoms. The maximum absolute atomic E-state index is 6.39. The SMILES string of the molecule is CNCc1ccc(-c2ccc3c(c2)COC3)c(Cl)c1. The first-order chi connectivity index (χ1) is 9.28. The summed E-state index contributed by atoms with van der Waals surface area (Å²) in [6.45, 7) is 2.26. The molecule has 2 aromatic carbocycles. The Balaban J connectivity index is 1.97. The number of hydrogen-bond acceptors (Lipinski definition) is 2. The van der Waals surface area contributed by atoms with E-state index in [0.29, 0.717) is 6.61 Å². The number of ether oxygens (including phenoxy) is 1. The van der Waals surface area contributed by atoms with Crippen molar-refractivity contribution in [3.63, 3.8) is 0 Å². The lowest BCUT2D eigenvalue weighted by atomic mass is 9.99. The van der Waals surface area contributed by atoms with Gasteiger partial charge >= 0.3 is 0 Å². The summed E-state index contributed by atoms with van der Waals surface area (Å²) >= 11 is 6.39. The van der Waals surface area contributed by atoms with Gasteiger partial charge in [0, 0.05) is 17.1 Å². The molecule has 3 heteroatoms. The van der Waals surface area contributed by atoms with Crippen molar-refractivity contribution in [3.05, 3.63) is 58.1 Å². The molecule has 2 aromatic rings. The van der Waals surface area contributed by atoms with Crippen molar-refractivity contribution in [1.82, 2.24) is 5.32 Å². The summed E-state index contributed by atoms with van der Waals surface area (Å²) in [5, 5.41) is 3.93. The number of halogens is 1. The van der Waals surface area contributed by atoms with Gasteiger partial charge < -0.3 is 10.1 Å². The molecule has 1 N–H and O–H groups in total. The number of nitrogens with one attached hydrogen (secondary N) is 1. The molecule has 2 nitrogen and oxygen atoms in total. The molecule has 0 saturated carbocycles. The second kappa shape index (κ2) is 5.33. The Bertz CT molecular complexity index is 610. The van der Waals surface area contributed by atoms with Crippen LogP contribution in [-0.4, -0.2) is 7.05 Å². The lowest BCUT2D eigenvalue weighted by Crippen LogP contribution is -2.04. The second-order valence-corrected chi connectivity index (χ2v) is 5.23. The molecule has 3 rings (SSSR count). The van der Waals surface area contributed by atoms with Gasteiger partial charge in [-0.25, -0.2) is 0 Å². The zero-order chi connectivity index (χ0) is 13.2. The molecule has 0 aromatic heterocycles. The zero-order valence-electron chi connectivity index (χ0n) is 10.9. The molecular weight excluding hydrogens is 258 g/mol. The van der Waals surface area contributed by atoms with Gasteiger partial charge in [0.15, 0.2) is 0 Å². The van der Waals surface area contributed by atoms with E-state index in [1.807, 2.05) is 13.1 Å². The Kier molecular flexibility index (Phi) is 3.56. The maximum Gasteiger partial charge on any atom is 0.0725 e. The van der Waals surface area contributed by atoms with Gasteiger partial charge in [-0.15, -0.1) is 0 Å². The normalized spacial score (nSPS) is 13.6. The molecule has 0 unspecified atom stereocenters. The molecule has 0 fully saturated rings. The van der Waals surface area contributed by atoms with Gasteiger partial charge in [0.2, 0.25) is 0 Å². The average molecular weight is 274 g/mol. The van der Waals surface area contributed by atoms with Crippen LogP contribution in [0.2, 0.25) is 5.02 Å². The monoisotopic (exact) mass is 273 g/mol. The zero-order valence-corrected chi connectivity index (χ0v) is 11.6. The van der Waals surface area contributed by atoms with Crippen LogP contribution in [0.5, 0.6) is 0 Å². The van der Waals surface area contributed by atoms with Crippen LogP contribution in [0.4, 0.5) is 0 Å². The van der Waals surface area contributed by atoms with Crippen LogP contribution in [0, 0.1) is 0 Å². The molecule has 0 amide bonds. The summed E-state index contributed by atoms with van der Waals surface area (Å²) in [7, 11) is 1.93. The highest BCUT2D eigenvalue weighted by Crippen LogP contribution is 2.32. The van der Waals surface area contributed by atoms with Crippen molar-refractivity contribution in [3.8, 4) is 11.1 Å². The third-order valence-electron chi connectivity index (χ3n) is 3.45. The highest BCUT2D eigenvalue weighted by molar-refractivity contribution is 6.33. The summed E-state index contributed by atoms with van der Waals surface area (Å²) < 4.78 is 5.45. The number of rotatable bonds is 3. The predicted octanol–water partition coefficient (Wildman–Crippen LogP) is 3.76. The average Bonchev–Trinajstić information content (AvgIpc) is 2.86. The number of benzene rings is 2. The van der Waals surface area contributed by atoms with Crippen LogP contribution in [0.3, 0.4) is 0 Å². The predicted molar refractivity (Wildman–Crippen MR) is 78.1 cm³/mol. The summed E-state index contributed by atoms with van der Waals surface area (Å²) in [6.07, 6.45) is 0.